The van der Waals surface area contributed by atoms with Crippen LogP contribution in [0.25, 0.3) is 0 Å². The Labute approximate surface area is 153 Å². The van der Waals surface area contributed by atoms with E-state index in [1.54, 1.807) is 18.5 Å². The smallest absolute Gasteiger partial charge is 0.270 e. The molecule has 2 N–H and O–H groups in total. The van der Waals surface area contributed by atoms with E-state index in [4.69, 9.17) is 4.74 Å². The van der Waals surface area contributed by atoms with Crippen molar-refractivity contribution in [2.45, 2.75) is 13.5 Å². The fraction of sp³-hybridized carbons (Fsp3) is 0.444. The molecule has 1 fully saturated rings. The zero-order valence-electron chi connectivity index (χ0n) is 14.9. The number of amides is 1. The molecular formula is C18H24N6O2. The topological polar surface area (TPSA) is 92.3 Å². The van der Waals surface area contributed by atoms with Gasteiger partial charge in [0, 0.05) is 50.8 Å². The summed E-state index contributed by atoms with van der Waals surface area (Å²) in [6.45, 7) is 7.15. The Morgan fingerprint density at radius 1 is 1.23 bits per heavy atom. The van der Waals surface area contributed by atoms with Crippen molar-refractivity contribution in [3.63, 3.8) is 0 Å². The zero-order valence-corrected chi connectivity index (χ0v) is 14.9. The van der Waals surface area contributed by atoms with Crippen molar-refractivity contribution < 1.29 is 9.53 Å². The minimum atomic E-state index is -0.185. The van der Waals surface area contributed by atoms with Crippen LogP contribution in [-0.4, -0.2) is 65.2 Å². The fourth-order valence-corrected chi connectivity index (χ4v) is 2.69. The zero-order chi connectivity index (χ0) is 18.2. The third-order valence-electron chi connectivity index (χ3n) is 4.10. The summed E-state index contributed by atoms with van der Waals surface area (Å²) in [5.74, 6) is 0.260. The minimum absolute atomic E-state index is 0.185. The van der Waals surface area contributed by atoms with Gasteiger partial charge in [0.05, 0.1) is 13.2 Å². The molecular weight excluding hydrogens is 332 g/mol. The highest BCUT2D eigenvalue weighted by molar-refractivity contribution is 5.92. The molecule has 0 radical (unpaired) electrons. The summed E-state index contributed by atoms with van der Waals surface area (Å²) in [4.78, 5) is 27.3. The average molecular weight is 356 g/mol. The van der Waals surface area contributed by atoms with Crippen LogP contribution in [0.5, 0.6) is 0 Å². The maximum atomic E-state index is 12.4. The molecule has 1 saturated heterocycles. The van der Waals surface area contributed by atoms with Gasteiger partial charge in [-0.3, -0.25) is 14.7 Å². The number of aryl methyl sites for hydroxylation is 1. The van der Waals surface area contributed by atoms with Crippen LogP contribution >= 0.6 is 0 Å². The number of nitrogens with one attached hydrogen (secondary N) is 2. The molecule has 26 heavy (non-hydrogen) atoms. The summed E-state index contributed by atoms with van der Waals surface area (Å²) in [5, 5.41) is 6.08. The molecule has 0 aromatic carbocycles. The highest BCUT2D eigenvalue weighted by Gasteiger charge is 2.13. The molecule has 8 nitrogen and oxygen atoms in total. The SMILES string of the molecule is Cc1cc(C(=O)NCCN2CCOCC2)nc(NCc2ccncc2)n1. The molecule has 1 amide bonds. The maximum Gasteiger partial charge on any atom is 0.270 e. The molecule has 0 bridgehead atoms. The van der Waals surface area contributed by atoms with Crippen LogP contribution in [0.1, 0.15) is 21.7 Å². The second-order valence-corrected chi connectivity index (χ2v) is 6.14. The van der Waals surface area contributed by atoms with Gasteiger partial charge in [-0.05, 0) is 30.7 Å². The molecule has 2 aromatic rings. The van der Waals surface area contributed by atoms with Gasteiger partial charge < -0.3 is 15.4 Å². The summed E-state index contributed by atoms with van der Waals surface area (Å²) in [6, 6.07) is 5.53. The van der Waals surface area contributed by atoms with Crippen LogP contribution in [0.3, 0.4) is 0 Å². The summed E-state index contributed by atoms with van der Waals surface area (Å²) in [7, 11) is 0. The third-order valence-corrected chi connectivity index (χ3v) is 4.10. The van der Waals surface area contributed by atoms with Gasteiger partial charge in [-0.25, -0.2) is 9.97 Å². The number of carbonyl (C=O) groups is 1. The minimum Gasteiger partial charge on any atom is -0.379 e. The standard InChI is InChI=1S/C18H24N6O2/c1-14-12-16(17(25)20-6-7-24-8-10-26-11-9-24)23-18(22-14)21-13-15-2-4-19-5-3-15/h2-5,12H,6-11,13H2,1H3,(H,20,25)(H,21,22,23). The van der Waals surface area contributed by atoms with Gasteiger partial charge in [0.15, 0.2) is 0 Å². The van der Waals surface area contributed by atoms with E-state index in [0.717, 1.165) is 44.1 Å². The van der Waals surface area contributed by atoms with Gasteiger partial charge >= 0.3 is 0 Å². The van der Waals surface area contributed by atoms with E-state index < -0.39 is 0 Å². The largest absolute Gasteiger partial charge is 0.379 e. The van der Waals surface area contributed by atoms with Crippen molar-refractivity contribution in [3.05, 3.63) is 47.5 Å². The van der Waals surface area contributed by atoms with E-state index in [0.29, 0.717) is 24.7 Å². The second-order valence-electron chi connectivity index (χ2n) is 6.14. The van der Waals surface area contributed by atoms with Crippen molar-refractivity contribution >= 4 is 11.9 Å². The number of hydrogen-bond donors (Lipinski definition) is 2. The molecule has 0 spiro atoms. The Kier molecular flexibility index (Phi) is 6.45. The summed E-state index contributed by atoms with van der Waals surface area (Å²) >= 11 is 0. The number of rotatable bonds is 7. The van der Waals surface area contributed by atoms with Crippen molar-refractivity contribution in [2.24, 2.45) is 0 Å². The monoisotopic (exact) mass is 356 g/mol. The normalized spacial score (nSPS) is 14.8. The van der Waals surface area contributed by atoms with Crippen LogP contribution in [0.15, 0.2) is 30.6 Å². The van der Waals surface area contributed by atoms with E-state index in [1.807, 2.05) is 19.1 Å². The van der Waals surface area contributed by atoms with Crippen molar-refractivity contribution in [1.29, 1.82) is 0 Å². The number of morpholine rings is 1. The predicted molar refractivity (Wildman–Crippen MR) is 97.9 cm³/mol. The quantitative estimate of drug-likeness (QED) is 0.760. The number of nitrogens with zero attached hydrogens (tertiary/aromatic N) is 4. The Morgan fingerprint density at radius 2 is 2.00 bits per heavy atom. The van der Waals surface area contributed by atoms with Crippen LogP contribution in [0, 0.1) is 6.92 Å². The van der Waals surface area contributed by atoms with E-state index in [2.05, 4.69) is 30.5 Å². The summed E-state index contributed by atoms with van der Waals surface area (Å²) < 4.78 is 5.32. The molecule has 3 heterocycles. The van der Waals surface area contributed by atoms with Gasteiger partial charge in [-0.2, -0.15) is 0 Å². The van der Waals surface area contributed by atoms with Crippen LogP contribution in [0.2, 0.25) is 0 Å². The molecule has 0 atom stereocenters. The van der Waals surface area contributed by atoms with Gasteiger partial charge in [-0.15, -0.1) is 0 Å². The lowest BCUT2D eigenvalue weighted by Gasteiger charge is -2.26. The first-order valence-electron chi connectivity index (χ1n) is 8.77. The van der Waals surface area contributed by atoms with Crippen LogP contribution in [0.4, 0.5) is 5.95 Å². The molecule has 3 rings (SSSR count). The van der Waals surface area contributed by atoms with E-state index in [9.17, 15) is 4.79 Å². The molecule has 0 aliphatic carbocycles. The maximum absolute atomic E-state index is 12.4. The van der Waals surface area contributed by atoms with Gasteiger partial charge in [-0.1, -0.05) is 0 Å². The van der Waals surface area contributed by atoms with E-state index in [-0.39, 0.29) is 5.91 Å². The van der Waals surface area contributed by atoms with Crippen LogP contribution in [-0.2, 0) is 11.3 Å². The van der Waals surface area contributed by atoms with Crippen LogP contribution < -0.4 is 10.6 Å². The Morgan fingerprint density at radius 3 is 2.77 bits per heavy atom. The third kappa shape index (κ3) is 5.47. The molecule has 1 aliphatic heterocycles. The van der Waals surface area contributed by atoms with Gasteiger partial charge in [0.2, 0.25) is 5.95 Å². The number of anilines is 1. The lowest BCUT2D eigenvalue weighted by molar-refractivity contribution is 0.0383. The average Bonchev–Trinajstić information content (AvgIpc) is 2.67. The second kappa shape index (κ2) is 9.21. The Bertz CT molecular complexity index is 719. The van der Waals surface area contributed by atoms with E-state index in [1.165, 1.54) is 0 Å². The first-order chi connectivity index (χ1) is 12.7. The molecule has 2 aromatic heterocycles. The summed E-state index contributed by atoms with van der Waals surface area (Å²) in [5.41, 5.74) is 2.19. The molecule has 0 unspecified atom stereocenters. The number of ether oxygens (including phenoxy) is 1. The van der Waals surface area contributed by atoms with Crippen molar-refractivity contribution in [3.8, 4) is 0 Å². The van der Waals surface area contributed by atoms with E-state index >= 15 is 0 Å². The Balaban J connectivity index is 1.53. The predicted octanol–water partition coefficient (Wildman–Crippen LogP) is 0.854. The molecule has 1 aliphatic rings. The first-order valence-corrected chi connectivity index (χ1v) is 8.77. The first kappa shape index (κ1) is 18.2. The molecule has 8 heteroatoms. The fourth-order valence-electron chi connectivity index (χ4n) is 2.69. The number of pyridine rings is 1. The highest BCUT2D eigenvalue weighted by Crippen LogP contribution is 2.07. The highest BCUT2D eigenvalue weighted by atomic mass is 16.5. The van der Waals surface area contributed by atoms with Crippen molar-refractivity contribution in [2.75, 3.05) is 44.7 Å². The number of hydrogen-bond acceptors (Lipinski definition) is 7. The number of carbonyl (C=O) groups excluding carboxylic acids is 1. The lowest BCUT2D eigenvalue weighted by atomic mass is 10.3. The molecule has 138 valence electrons. The Hall–Kier alpha value is -2.58. The van der Waals surface area contributed by atoms with Gasteiger partial charge in [0.25, 0.3) is 5.91 Å². The molecule has 0 saturated carbocycles. The van der Waals surface area contributed by atoms with Gasteiger partial charge in [0.1, 0.15) is 5.69 Å². The lowest BCUT2D eigenvalue weighted by Crippen LogP contribution is -2.41. The number of aromatic nitrogens is 3. The summed E-state index contributed by atoms with van der Waals surface area (Å²) in [6.07, 6.45) is 3.48. The van der Waals surface area contributed by atoms with Crippen molar-refractivity contribution in [1.82, 2.24) is 25.2 Å².